The molecule has 0 spiro atoms. The van der Waals surface area contributed by atoms with E-state index in [9.17, 15) is 0 Å². The van der Waals surface area contributed by atoms with E-state index in [1.807, 2.05) is 6.92 Å². The molecule has 0 unspecified atom stereocenters. The molecule has 76 valence electrons. The lowest BCUT2D eigenvalue weighted by Gasteiger charge is -1.94. The quantitative estimate of drug-likeness (QED) is 0.454. The van der Waals surface area contributed by atoms with Crippen molar-refractivity contribution in [2.24, 2.45) is 27.2 Å². The molecule has 0 aromatic carbocycles. The van der Waals surface area contributed by atoms with Crippen molar-refractivity contribution in [1.82, 2.24) is 4.98 Å². The molecule has 7 heteroatoms. The van der Waals surface area contributed by atoms with E-state index < -0.39 is 0 Å². The minimum absolute atomic E-state index is 0.0813. The third kappa shape index (κ3) is 3.02. The molecule has 6 N–H and O–H groups in total. The number of aryl methyl sites for hydroxylation is 1. The third-order valence-corrected chi connectivity index (χ3v) is 2.39. The molecule has 0 aliphatic heterocycles. The Morgan fingerprint density at radius 2 is 2.21 bits per heavy atom. The van der Waals surface area contributed by atoms with E-state index >= 15 is 0 Å². The molecule has 1 heterocycles. The van der Waals surface area contributed by atoms with E-state index in [1.165, 1.54) is 11.3 Å². The van der Waals surface area contributed by atoms with Gasteiger partial charge in [-0.2, -0.15) is 4.99 Å². The summed E-state index contributed by atoms with van der Waals surface area (Å²) in [6, 6.07) is 0. The Balaban J connectivity index is 2.64. The predicted molar refractivity (Wildman–Crippen MR) is 58.0 cm³/mol. The van der Waals surface area contributed by atoms with Gasteiger partial charge >= 0.3 is 0 Å². The maximum absolute atomic E-state index is 5.43. The minimum Gasteiger partial charge on any atom is -0.370 e. The van der Waals surface area contributed by atoms with Gasteiger partial charge in [-0.3, -0.25) is 0 Å². The van der Waals surface area contributed by atoms with Gasteiger partial charge in [0, 0.05) is 4.88 Å². The molecule has 0 fully saturated rings. The molecule has 0 saturated heterocycles. The highest BCUT2D eigenvalue weighted by molar-refractivity contribution is 7.09. The van der Waals surface area contributed by atoms with Crippen LogP contribution in [0.2, 0.25) is 0 Å². The van der Waals surface area contributed by atoms with Gasteiger partial charge in [0.25, 0.3) is 0 Å². The maximum Gasteiger partial charge on any atom is 0.218 e. The van der Waals surface area contributed by atoms with Crippen LogP contribution in [0.4, 0.5) is 0 Å². The zero-order chi connectivity index (χ0) is 10.6. The molecule has 0 aliphatic rings. The summed E-state index contributed by atoms with van der Waals surface area (Å²) in [4.78, 5) is 12.7. The van der Waals surface area contributed by atoms with Crippen LogP contribution in [-0.2, 0) is 6.54 Å². The largest absolute Gasteiger partial charge is 0.370 e. The average molecular weight is 212 g/mol. The molecule has 0 aliphatic carbocycles. The molecular formula is C7H12N6S. The van der Waals surface area contributed by atoms with Gasteiger partial charge in [0.05, 0.1) is 17.7 Å². The monoisotopic (exact) mass is 212 g/mol. The van der Waals surface area contributed by atoms with Crippen LogP contribution < -0.4 is 17.2 Å². The minimum atomic E-state index is -0.0905. The molecule has 6 nitrogen and oxygen atoms in total. The summed E-state index contributed by atoms with van der Waals surface area (Å²) in [5.74, 6) is -0.00919. The van der Waals surface area contributed by atoms with Gasteiger partial charge in [0.2, 0.25) is 5.96 Å². The number of nitrogens with two attached hydrogens (primary N) is 3. The van der Waals surface area contributed by atoms with Crippen LogP contribution in [0.3, 0.4) is 0 Å². The number of nitrogens with zero attached hydrogens (tertiary/aromatic N) is 3. The van der Waals surface area contributed by atoms with Crippen LogP contribution in [0.25, 0.3) is 0 Å². The summed E-state index contributed by atoms with van der Waals surface area (Å²) in [5, 5.41) is 0. The van der Waals surface area contributed by atoms with Crippen molar-refractivity contribution in [3.05, 3.63) is 16.1 Å². The lowest BCUT2D eigenvalue weighted by atomic mass is 10.4. The highest BCUT2D eigenvalue weighted by atomic mass is 32.1. The smallest absolute Gasteiger partial charge is 0.218 e. The van der Waals surface area contributed by atoms with Gasteiger partial charge in [-0.25, -0.2) is 9.98 Å². The summed E-state index contributed by atoms with van der Waals surface area (Å²) in [6.07, 6.45) is 0. The maximum atomic E-state index is 5.43. The van der Waals surface area contributed by atoms with E-state index in [0.717, 1.165) is 10.6 Å². The summed E-state index contributed by atoms with van der Waals surface area (Å²) in [6.45, 7) is 2.37. The Hall–Kier alpha value is -1.63. The van der Waals surface area contributed by atoms with Crippen LogP contribution in [0.1, 0.15) is 10.6 Å². The van der Waals surface area contributed by atoms with Gasteiger partial charge in [0.15, 0.2) is 5.96 Å². The average Bonchev–Trinajstić information content (AvgIpc) is 2.46. The number of rotatable bonds is 2. The van der Waals surface area contributed by atoms with E-state index in [2.05, 4.69) is 15.0 Å². The molecule has 14 heavy (non-hydrogen) atoms. The van der Waals surface area contributed by atoms with Crippen molar-refractivity contribution in [2.75, 3.05) is 0 Å². The normalized spacial score (nSPS) is 11.4. The number of aliphatic imine (C=N–C) groups is 2. The second-order valence-electron chi connectivity index (χ2n) is 2.57. The van der Waals surface area contributed by atoms with Crippen molar-refractivity contribution in [2.45, 2.75) is 13.5 Å². The van der Waals surface area contributed by atoms with E-state index in [1.54, 1.807) is 5.51 Å². The number of thiazole rings is 1. The Morgan fingerprint density at radius 3 is 2.71 bits per heavy atom. The highest BCUT2D eigenvalue weighted by Gasteiger charge is 1.99. The number of guanidine groups is 2. The Morgan fingerprint density at radius 1 is 1.50 bits per heavy atom. The lowest BCUT2D eigenvalue weighted by Crippen LogP contribution is -2.26. The Kier molecular flexibility index (Phi) is 3.41. The van der Waals surface area contributed by atoms with E-state index in [-0.39, 0.29) is 11.9 Å². The van der Waals surface area contributed by atoms with Crippen molar-refractivity contribution < 1.29 is 0 Å². The predicted octanol–water partition coefficient (Wildman–Crippen LogP) is -0.460. The van der Waals surface area contributed by atoms with Crippen LogP contribution in [0.5, 0.6) is 0 Å². The molecule has 0 saturated carbocycles. The fraction of sp³-hybridized carbons (Fsp3) is 0.286. The summed E-state index contributed by atoms with van der Waals surface area (Å²) in [7, 11) is 0. The molecule has 1 aromatic heterocycles. The topological polar surface area (TPSA) is 116 Å². The van der Waals surface area contributed by atoms with Crippen LogP contribution in [0, 0.1) is 6.92 Å². The highest BCUT2D eigenvalue weighted by Crippen LogP contribution is 2.12. The molecule has 1 rings (SSSR count). The van der Waals surface area contributed by atoms with Crippen LogP contribution >= 0.6 is 11.3 Å². The summed E-state index contributed by atoms with van der Waals surface area (Å²) in [5.41, 5.74) is 18.4. The van der Waals surface area contributed by atoms with Gasteiger partial charge in [-0.15, -0.1) is 11.3 Å². The molecule has 0 bridgehead atoms. The standard InChI is InChI=1S/C7H12N6S/c1-4-5(14-3-12-4)2-11-7(10)13-6(8)9/h3H,2H2,1H3,(H6,8,9,10,11,13). The van der Waals surface area contributed by atoms with Gasteiger partial charge in [-0.1, -0.05) is 0 Å². The van der Waals surface area contributed by atoms with Crippen molar-refractivity contribution in [3.63, 3.8) is 0 Å². The van der Waals surface area contributed by atoms with E-state index in [0.29, 0.717) is 6.54 Å². The molecule has 1 aromatic rings. The SMILES string of the molecule is Cc1ncsc1CN=C(N)N=C(N)N. The first kappa shape index (κ1) is 10.5. The lowest BCUT2D eigenvalue weighted by molar-refractivity contribution is 1.05. The zero-order valence-corrected chi connectivity index (χ0v) is 8.58. The first-order chi connectivity index (χ1) is 6.59. The molecule has 0 atom stereocenters. The van der Waals surface area contributed by atoms with Crippen LogP contribution in [-0.4, -0.2) is 16.9 Å². The van der Waals surface area contributed by atoms with Crippen molar-refractivity contribution >= 4 is 23.3 Å². The second-order valence-corrected chi connectivity index (χ2v) is 3.51. The fourth-order valence-electron chi connectivity index (χ4n) is 0.798. The van der Waals surface area contributed by atoms with E-state index in [4.69, 9.17) is 17.2 Å². The Bertz CT molecular complexity index is 362. The fourth-order valence-corrected chi connectivity index (χ4v) is 1.50. The molecule has 0 radical (unpaired) electrons. The van der Waals surface area contributed by atoms with Gasteiger partial charge in [0.1, 0.15) is 0 Å². The second kappa shape index (κ2) is 4.56. The molecule has 0 amide bonds. The van der Waals surface area contributed by atoms with Gasteiger partial charge in [-0.05, 0) is 6.92 Å². The van der Waals surface area contributed by atoms with Crippen molar-refractivity contribution in [1.29, 1.82) is 0 Å². The number of hydrogen-bond acceptors (Lipinski definition) is 3. The van der Waals surface area contributed by atoms with Gasteiger partial charge < -0.3 is 17.2 Å². The first-order valence-electron chi connectivity index (χ1n) is 3.88. The van der Waals surface area contributed by atoms with Crippen LogP contribution in [0.15, 0.2) is 15.5 Å². The molecular weight excluding hydrogens is 200 g/mol. The Labute approximate surface area is 85.6 Å². The number of aromatic nitrogens is 1. The zero-order valence-electron chi connectivity index (χ0n) is 7.77. The third-order valence-electron chi connectivity index (χ3n) is 1.47. The summed E-state index contributed by atoms with van der Waals surface area (Å²) < 4.78 is 0. The van der Waals surface area contributed by atoms with Crippen molar-refractivity contribution in [3.8, 4) is 0 Å². The number of hydrogen-bond donors (Lipinski definition) is 3. The summed E-state index contributed by atoms with van der Waals surface area (Å²) >= 11 is 1.53. The first-order valence-corrected chi connectivity index (χ1v) is 4.76.